The van der Waals surface area contributed by atoms with Crippen LogP contribution in [0.2, 0.25) is 0 Å². The van der Waals surface area contributed by atoms with Gasteiger partial charge in [-0.05, 0) is 19.1 Å². The van der Waals surface area contributed by atoms with Gasteiger partial charge < -0.3 is 15.1 Å². The molecule has 0 saturated carbocycles. The molecule has 1 amide bonds. The van der Waals surface area contributed by atoms with Gasteiger partial charge in [0.1, 0.15) is 5.69 Å². The third-order valence-electron chi connectivity index (χ3n) is 4.62. The lowest BCUT2D eigenvalue weighted by Crippen LogP contribution is -2.32. The summed E-state index contributed by atoms with van der Waals surface area (Å²) in [5.41, 5.74) is 4.50. The van der Waals surface area contributed by atoms with Gasteiger partial charge >= 0.3 is 6.01 Å². The van der Waals surface area contributed by atoms with E-state index in [4.69, 9.17) is 9.41 Å². The van der Waals surface area contributed by atoms with Crippen LogP contribution in [0.4, 0.5) is 11.7 Å². The van der Waals surface area contributed by atoms with Crippen LogP contribution in [0.3, 0.4) is 0 Å². The zero-order valence-corrected chi connectivity index (χ0v) is 16.0. The molecule has 0 spiro atoms. The number of para-hydroxylation sites is 1. The van der Waals surface area contributed by atoms with E-state index in [2.05, 4.69) is 31.0 Å². The van der Waals surface area contributed by atoms with Crippen LogP contribution in [-0.4, -0.2) is 38.2 Å². The highest BCUT2D eigenvalue weighted by molar-refractivity contribution is 6.19. The Hall–Kier alpha value is -4.27. The Morgan fingerprint density at radius 2 is 1.83 bits per heavy atom. The minimum absolute atomic E-state index is 0.0829. The molecule has 1 atom stereocenters. The molecule has 0 aliphatic carbocycles. The number of rotatable bonds is 4. The fourth-order valence-corrected chi connectivity index (χ4v) is 3.22. The molecule has 1 aliphatic rings. The average Bonchev–Trinajstić information content (AvgIpc) is 3.38. The number of aromatic amines is 1. The highest BCUT2D eigenvalue weighted by atomic mass is 16.4. The van der Waals surface area contributed by atoms with Crippen molar-refractivity contribution in [3.8, 4) is 11.6 Å². The topological polar surface area (TPSA) is 121 Å². The third kappa shape index (κ3) is 3.32. The lowest BCUT2D eigenvalue weighted by Gasteiger charge is -2.11. The maximum atomic E-state index is 12.9. The lowest BCUT2D eigenvalue weighted by atomic mass is 10.0. The second-order valence-electron chi connectivity index (χ2n) is 6.76. The van der Waals surface area contributed by atoms with Crippen LogP contribution in [-0.2, 0) is 4.79 Å². The molecule has 9 heteroatoms. The fraction of sp³-hybridized carbons (Fsp3) is 0.0952. The Labute approximate surface area is 171 Å². The van der Waals surface area contributed by atoms with Crippen LogP contribution in [0.5, 0.6) is 0 Å². The molecule has 30 heavy (non-hydrogen) atoms. The zero-order valence-electron chi connectivity index (χ0n) is 16.0. The number of nitrogens with zero attached hydrogens (tertiary/aromatic N) is 4. The normalized spacial score (nSPS) is 15.7. The molecule has 0 radical (unpaired) electrons. The van der Waals surface area contributed by atoms with E-state index in [9.17, 15) is 4.79 Å². The Morgan fingerprint density at radius 3 is 2.63 bits per heavy atom. The Kier molecular flexibility index (Phi) is 4.32. The van der Waals surface area contributed by atoms with Crippen molar-refractivity contribution in [1.29, 1.82) is 0 Å². The molecular formula is C21H17N7O2. The molecule has 1 aliphatic heterocycles. The number of aryl methyl sites for hydroxylation is 1. The number of H-pyrrole nitrogens is 1. The van der Waals surface area contributed by atoms with Crippen molar-refractivity contribution in [1.82, 2.24) is 20.4 Å². The van der Waals surface area contributed by atoms with Crippen molar-refractivity contribution in [3.63, 3.8) is 0 Å². The van der Waals surface area contributed by atoms with E-state index in [0.29, 0.717) is 17.1 Å². The molecule has 0 unspecified atom stereocenters. The number of hydrogen-bond acceptors (Lipinski definition) is 7. The average molecular weight is 399 g/mol. The van der Waals surface area contributed by atoms with Crippen LogP contribution in [0.25, 0.3) is 11.6 Å². The van der Waals surface area contributed by atoms with Crippen molar-refractivity contribution < 1.29 is 9.21 Å². The molecule has 4 aromatic rings. The van der Waals surface area contributed by atoms with E-state index < -0.39 is 6.17 Å². The Bertz CT molecular complexity index is 1240. The smallest absolute Gasteiger partial charge is 0.317 e. The minimum atomic E-state index is -0.954. The third-order valence-corrected chi connectivity index (χ3v) is 4.62. The molecule has 9 nitrogen and oxygen atoms in total. The first-order valence-corrected chi connectivity index (χ1v) is 9.33. The number of benzene rings is 2. The van der Waals surface area contributed by atoms with E-state index in [-0.39, 0.29) is 17.8 Å². The van der Waals surface area contributed by atoms with Gasteiger partial charge in [0, 0.05) is 11.1 Å². The van der Waals surface area contributed by atoms with Crippen molar-refractivity contribution in [2.24, 2.45) is 4.99 Å². The van der Waals surface area contributed by atoms with Crippen LogP contribution in [0.15, 0.2) is 70.1 Å². The summed E-state index contributed by atoms with van der Waals surface area (Å²) in [4.78, 5) is 17.5. The number of carbonyl (C=O) groups is 1. The summed E-state index contributed by atoms with van der Waals surface area (Å²) < 4.78 is 5.64. The number of benzodiazepines with no additional fused rings is 1. The second-order valence-corrected chi connectivity index (χ2v) is 6.76. The largest absolute Gasteiger partial charge is 0.402 e. The first kappa shape index (κ1) is 17.8. The minimum Gasteiger partial charge on any atom is -0.402 e. The quantitative estimate of drug-likeness (QED) is 0.485. The van der Waals surface area contributed by atoms with E-state index in [1.54, 1.807) is 6.07 Å². The summed E-state index contributed by atoms with van der Waals surface area (Å²) in [7, 11) is 0. The Balaban J connectivity index is 1.51. The molecule has 2 aromatic carbocycles. The first-order chi connectivity index (χ1) is 14.7. The summed E-state index contributed by atoms with van der Waals surface area (Å²) in [6, 6.07) is 19.1. The number of aliphatic imine (C=N–C) groups is 1. The van der Waals surface area contributed by atoms with Crippen molar-refractivity contribution in [2.45, 2.75) is 13.1 Å². The van der Waals surface area contributed by atoms with Gasteiger partial charge in [0.15, 0.2) is 0 Å². The number of carbonyl (C=O) groups excluding carboxylic acids is 1. The highest BCUT2D eigenvalue weighted by Gasteiger charge is 2.27. The van der Waals surface area contributed by atoms with Crippen LogP contribution in [0, 0.1) is 6.92 Å². The molecule has 5 rings (SSSR count). The molecule has 3 N–H and O–H groups in total. The molecule has 3 heterocycles. The number of amides is 1. The highest BCUT2D eigenvalue weighted by Crippen LogP contribution is 2.25. The summed E-state index contributed by atoms with van der Waals surface area (Å²) in [6.45, 7) is 1.85. The van der Waals surface area contributed by atoms with Gasteiger partial charge in [-0.1, -0.05) is 53.6 Å². The SMILES string of the molecule is Cc1cc(-c2nnc(N[C@H]3N=C(c4ccccc4)c4ccccc4NC3=O)o2)[nH]n1. The van der Waals surface area contributed by atoms with E-state index in [1.165, 1.54) is 0 Å². The summed E-state index contributed by atoms with van der Waals surface area (Å²) in [5.74, 6) is -0.0619. The number of hydrogen-bond donors (Lipinski definition) is 3. The van der Waals surface area contributed by atoms with E-state index in [1.807, 2.05) is 61.5 Å². The molecule has 0 saturated heterocycles. The molecule has 0 bridgehead atoms. The first-order valence-electron chi connectivity index (χ1n) is 9.33. The van der Waals surface area contributed by atoms with Gasteiger partial charge in [-0.2, -0.15) is 5.10 Å². The molecular weight excluding hydrogens is 382 g/mol. The standard InChI is InChI=1S/C21H17N7O2/c1-12-11-16(26-25-12)20-27-28-21(30-20)24-18-19(29)22-15-10-6-5-9-14(15)17(23-18)13-7-3-2-4-8-13/h2-11,18H,1H3,(H,22,29)(H,24,28)(H,25,26)/t18-/m1/s1. The molecule has 2 aromatic heterocycles. The summed E-state index contributed by atoms with van der Waals surface area (Å²) in [5, 5.41) is 20.7. The van der Waals surface area contributed by atoms with Crippen molar-refractivity contribution in [3.05, 3.63) is 77.5 Å². The van der Waals surface area contributed by atoms with Gasteiger partial charge in [0.25, 0.3) is 11.8 Å². The van der Waals surface area contributed by atoms with E-state index in [0.717, 1.165) is 16.8 Å². The maximum Gasteiger partial charge on any atom is 0.317 e. The van der Waals surface area contributed by atoms with Crippen molar-refractivity contribution in [2.75, 3.05) is 10.6 Å². The molecule has 0 fully saturated rings. The molecule has 148 valence electrons. The summed E-state index contributed by atoms with van der Waals surface area (Å²) in [6.07, 6.45) is -0.954. The Morgan fingerprint density at radius 1 is 1.03 bits per heavy atom. The van der Waals surface area contributed by atoms with E-state index >= 15 is 0 Å². The number of fused-ring (bicyclic) bond motifs is 1. The van der Waals surface area contributed by atoms with Gasteiger partial charge in [-0.25, -0.2) is 4.99 Å². The second kappa shape index (κ2) is 7.28. The predicted molar refractivity (Wildman–Crippen MR) is 111 cm³/mol. The van der Waals surface area contributed by atoms with Crippen molar-refractivity contribution >= 4 is 23.3 Å². The number of nitrogens with one attached hydrogen (secondary N) is 3. The summed E-state index contributed by atoms with van der Waals surface area (Å²) >= 11 is 0. The van der Waals surface area contributed by atoms with Gasteiger partial charge in [0.05, 0.1) is 17.1 Å². The monoisotopic (exact) mass is 399 g/mol. The van der Waals surface area contributed by atoms with Gasteiger partial charge in [-0.3, -0.25) is 9.89 Å². The number of aromatic nitrogens is 4. The van der Waals surface area contributed by atoms with Crippen LogP contribution in [0.1, 0.15) is 16.8 Å². The van der Waals surface area contributed by atoms with Gasteiger partial charge in [0.2, 0.25) is 6.17 Å². The van der Waals surface area contributed by atoms with Crippen LogP contribution < -0.4 is 10.6 Å². The maximum absolute atomic E-state index is 12.9. The zero-order chi connectivity index (χ0) is 20.5. The number of anilines is 2. The predicted octanol–water partition coefficient (Wildman–Crippen LogP) is 3.00. The lowest BCUT2D eigenvalue weighted by molar-refractivity contribution is -0.116. The van der Waals surface area contributed by atoms with Gasteiger partial charge in [-0.15, -0.1) is 5.10 Å². The van der Waals surface area contributed by atoms with Crippen LogP contribution >= 0.6 is 0 Å². The fourth-order valence-electron chi connectivity index (χ4n) is 3.22.